The molecule has 0 aliphatic rings. The number of carbonyl (C=O) groups excluding carboxylic acids is 3. The Balaban J connectivity index is 3.00. The highest BCUT2D eigenvalue weighted by Crippen LogP contribution is 2.18. The summed E-state index contributed by atoms with van der Waals surface area (Å²) in [6.45, 7) is 10.4. The van der Waals surface area contributed by atoms with E-state index in [0.29, 0.717) is 11.3 Å². The van der Waals surface area contributed by atoms with Crippen LogP contribution in [0.3, 0.4) is 0 Å². The van der Waals surface area contributed by atoms with Gasteiger partial charge in [-0.05, 0) is 65.8 Å². The Bertz CT molecular complexity index is 637. The number of methoxy groups -OCH3 is 1. The molecule has 0 heterocycles. The topological polar surface area (TPSA) is 82.1 Å². The number of hydrogen-bond acceptors (Lipinski definition) is 7. The van der Waals surface area contributed by atoms with Crippen molar-refractivity contribution in [2.75, 3.05) is 25.1 Å². The summed E-state index contributed by atoms with van der Waals surface area (Å²) in [5.41, 5.74) is -0.317. The van der Waals surface area contributed by atoms with Crippen molar-refractivity contribution in [3.8, 4) is 0 Å². The van der Waals surface area contributed by atoms with Crippen LogP contribution < -0.4 is 4.90 Å². The highest BCUT2D eigenvalue weighted by Gasteiger charge is 2.24. The molecule has 150 valence electrons. The van der Waals surface area contributed by atoms with Gasteiger partial charge in [0.05, 0.1) is 12.7 Å². The maximum absolute atomic E-state index is 12.2. The molecule has 0 aliphatic carbocycles. The summed E-state index contributed by atoms with van der Waals surface area (Å²) in [5, 5.41) is 0. The molecule has 0 aliphatic heterocycles. The predicted molar refractivity (Wildman–Crippen MR) is 102 cm³/mol. The first kappa shape index (κ1) is 22.5. The molecule has 0 bridgehead atoms. The molecule has 0 radical (unpaired) electrons. The smallest absolute Gasteiger partial charge is 0.337 e. The van der Waals surface area contributed by atoms with E-state index in [1.807, 2.05) is 0 Å². The third kappa shape index (κ3) is 8.57. The lowest BCUT2D eigenvalue weighted by Gasteiger charge is -2.27. The van der Waals surface area contributed by atoms with E-state index < -0.39 is 29.1 Å². The lowest BCUT2D eigenvalue weighted by atomic mass is 10.2. The maximum Gasteiger partial charge on any atom is 0.337 e. The molecule has 0 aromatic heterocycles. The van der Waals surface area contributed by atoms with Crippen LogP contribution in [0.25, 0.3) is 0 Å². The van der Waals surface area contributed by atoms with Gasteiger partial charge in [0.2, 0.25) is 0 Å². The van der Waals surface area contributed by atoms with Gasteiger partial charge in [-0.25, -0.2) is 4.79 Å². The van der Waals surface area contributed by atoms with Crippen molar-refractivity contribution >= 4 is 23.6 Å². The molecule has 0 unspecified atom stereocenters. The number of nitrogens with zero attached hydrogens (tertiary/aromatic N) is 1. The number of benzene rings is 1. The molecule has 7 nitrogen and oxygen atoms in total. The normalized spacial score (nSPS) is 11.5. The van der Waals surface area contributed by atoms with Crippen LogP contribution in [0.4, 0.5) is 5.69 Å². The molecule has 0 saturated heterocycles. The summed E-state index contributed by atoms with van der Waals surface area (Å²) in [6, 6.07) is 6.42. The molecule has 7 heteroatoms. The van der Waals surface area contributed by atoms with Gasteiger partial charge in [0, 0.05) is 5.69 Å². The zero-order chi connectivity index (χ0) is 20.8. The molecule has 27 heavy (non-hydrogen) atoms. The summed E-state index contributed by atoms with van der Waals surface area (Å²) in [4.78, 5) is 37.6. The fraction of sp³-hybridized carbons (Fsp3) is 0.550. The van der Waals surface area contributed by atoms with Crippen molar-refractivity contribution in [3.63, 3.8) is 0 Å². The second-order valence-electron chi connectivity index (χ2n) is 8.07. The average Bonchev–Trinajstić information content (AvgIpc) is 2.50. The van der Waals surface area contributed by atoms with Gasteiger partial charge in [0.1, 0.15) is 24.3 Å². The monoisotopic (exact) mass is 379 g/mol. The van der Waals surface area contributed by atoms with Crippen LogP contribution in [0.15, 0.2) is 24.3 Å². The van der Waals surface area contributed by atoms with Crippen molar-refractivity contribution in [1.29, 1.82) is 0 Å². The molecular weight excluding hydrogens is 350 g/mol. The first-order valence-corrected chi connectivity index (χ1v) is 8.68. The van der Waals surface area contributed by atoms with Gasteiger partial charge >= 0.3 is 17.9 Å². The SMILES string of the molecule is COC(=O)c1ccc(N(CC(=O)OC(C)(C)C)CC(=O)OC(C)(C)C)cc1. The minimum absolute atomic E-state index is 0.131. The van der Waals surface area contributed by atoms with Crippen molar-refractivity contribution in [2.24, 2.45) is 0 Å². The Morgan fingerprint density at radius 1 is 0.815 bits per heavy atom. The summed E-state index contributed by atoms with van der Waals surface area (Å²) < 4.78 is 15.4. The van der Waals surface area contributed by atoms with E-state index in [2.05, 4.69) is 4.74 Å². The van der Waals surface area contributed by atoms with E-state index in [1.165, 1.54) is 7.11 Å². The lowest BCUT2D eigenvalue weighted by Crippen LogP contribution is -2.40. The van der Waals surface area contributed by atoms with Gasteiger partial charge in [-0.15, -0.1) is 0 Å². The minimum Gasteiger partial charge on any atom is -0.465 e. The van der Waals surface area contributed by atoms with Crippen LogP contribution in [0.1, 0.15) is 51.9 Å². The van der Waals surface area contributed by atoms with Crippen LogP contribution in [-0.4, -0.2) is 49.3 Å². The molecule has 1 aromatic carbocycles. The molecular formula is C20H29NO6. The Morgan fingerprint density at radius 3 is 1.56 bits per heavy atom. The van der Waals surface area contributed by atoms with Crippen molar-refractivity contribution in [2.45, 2.75) is 52.7 Å². The molecule has 0 saturated carbocycles. The van der Waals surface area contributed by atoms with E-state index in [4.69, 9.17) is 9.47 Å². The fourth-order valence-corrected chi connectivity index (χ4v) is 2.22. The third-order valence-electron chi connectivity index (χ3n) is 3.13. The van der Waals surface area contributed by atoms with Crippen molar-refractivity contribution in [3.05, 3.63) is 29.8 Å². The summed E-state index contributed by atoms with van der Waals surface area (Å²) in [6.07, 6.45) is 0. The highest BCUT2D eigenvalue weighted by molar-refractivity contribution is 5.90. The summed E-state index contributed by atoms with van der Waals surface area (Å²) in [5.74, 6) is -1.40. The minimum atomic E-state index is -0.636. The Kier molecular flexibility index (Phi) is 7.39. The standard InChI is InChI=1S/C20H29NO6/c1-19(2,3)26-16(22)12-21(13-17(23)27-20(4,5)6)15-10-8-14(9-11-15)18(24)25-7/h8-11H,12-13H2,1-7H3. The predicted octanol–water partition coefficient (Wildman–Crippen LogP) is 2.96. The van der Waals surface area contributed by atoms with Crippen LogP contribution >= 0.6 is 0 Å². The lowest BCUT2D eigenvalue weighted by molar-refractivity contribution is -0.154. The molecule has 1 rings (SSSR count). The largest absolute Gasteiger partial charge is 0.465 e. The van der Waals surface area contributed by atoms with Gasteiger partial charge in [0.25, 0.3) is 0 Å². The molecule has 0 amide bonds. The highest BCUT2D eigenvalue weighted by atomic mass is 16.6. The maximum atomic E-state index is 12.2. The number of rotatable bonds is 6. The van der Waals surface area contributed by atoms with Crippen LogP contribution in [-0.2, 0) is 23.8 Å². The van der Waals surface area contributed by atoms with Gasteiger partial charge in [-0.2, -0.15) is 0 Å². The zero-order valence-corrected chi connectivity index (χ0v) is 17.1. The third-order valence-corrected chi connectivity index (χ3v) is 3.13. The Hall–Kier alpha value is -2.57. The molecule has 0 spiro atoms. The van der Waals surface area contributed by atoms with E-state index in [1.54, 1.807) is 70.7 Å². The second-order valence-corrected chi connectivity index (χ2v) is 8.07. The second kappa shape index (κ2) is 8.88. The number of esters is 3. The van der Waals surface area contributed by atoms with E-state index in [0.717, 1.165) is 0 Å². The summed E-state index contributed by atoms with van der Waals surface area (Å²) >= 11 is 0. The van der Waals surface area contributed by atoms with Crippen LogP contribution in [0.2, 0.25) is 0 Å². The Labute approximate surface area is 160 Å². The van der Waals surface area contributed by atoms with Crippen molar-refractivity contribution < 1.29 is 28.6 Å². The van der Waals surface area contributed by atoms with E-state index in [9.17, 15) is 14.4 Å². The van der Waals surface area contributed by atoms with Gasteiger partial charge < -0.3 is 19.1 Å². The molecule has 0 fully saturated rings. The number of anilines is 1. The van der Waals surface area contributed by atoms with Crippen LogP contribution in [0.5, 0.6) is 0 Å². The molecule has 0 N–H and O–H groups in total. The first-order valence-electron chi connectivity index (χ1n) is 8.68. The van der Waals surface area contributed by atoms with Gasteiger partial charge in [-0.1, -0.05) is 0 Å². The van der Waals surface area contributed by atoms with Crippen LogP contribution in [0, 0.1) is 0 Å². The average molecular weight is 379 g/mol. The van der Waals surface area contributed by atoms with E-state index >= 15 is 0 Å². The molecule has 1 aromatic rings. The zero-order valence-electron chi connectivity index (χ0n) is 17.1. The van der Waals surface area contributed by atoms with Gasteiger partial charge in [-0.3, -0.25) is 9.59 Å². The Morgan fingerprint density at radius 2 is 1.22 bits per heavy atom. The van der Waals surface area contributed by atoms with Gasteiger partial charge in [0.15, 0.2) is 0 Å². The summed E-state index contributed by atoms with van der Waals surface area (Å²) in [7, 11) is 1.30. The fourth-order valence-electron chi connectivity index (χ4n) is 2.22. The number of hydrogen-bond donors (Lipinski definition) is 0. The quantitative estimate of drug-likeness (QED) is 0.555. The first-order chi connectivity index (χ1) is 12.3. The van der Waals surface area contributed by atoms with Crippen molar-refractivity contribution in [1.82, 2.24) is 0 Å². The molecule has 0 atom stereocenters. The number of ether oxygens (including phenoxy) is 3. The number of carbonyl (C=O) groups is 3. The van der Waals surface area contributed by atoms with E-state index in [-0.39, 0.29) is 13.1 Å².